The number of aromatic amines is 1. The number of benzene rings is 1. The molecular weight excluding hydrogens is 315 g/mol. The first-order valence-electron chi connectivity index (χ1n) is 7.55. The molecular formula is C15H15FN6O2. The summed E-state index contributed by atoms with van der Waals surface area (Å²) in [5, 5.41) is 6.09. The minimum atomic E-state index is -0.758. The predicted molar refractivity (Wildman–Crippen MR) is 84.3 cm³/mol. The molecule has 3 heterocycles. The van der Waals surface area contributed by atoms with Crippen molar-refractivity contribution in [2.45, 2.75) is 0 Å². The second-order valence-electron chi connectivity index (χ2n) is 5.69. The Morgan fingerprint density at radius 2 is 1.96 bits per heavy atom. The SMILES string of the molecule is NC(=O)c1cc(F)cc2nc3c(C(=O)N4CCNCC4)c[nH]n3c12. The number of nitrogens with one attached hydrogen (secondary N) is 2. The summed E-state index contributed by atoms with van der Waals surface area (Å²) in [5.74, 6) is -1.52. The number of fused-ring (bicyclic) bond motifs is 3. The maximum Gasteiger partial charge on any atom is 0.259 e. The molecule has 3 aromatic rings. The van der Waals surface area contributed by atoms with Gasteiger partial charge in [0.2, 0.25) is 0 Å². The average molecular weight is 330 g/mol. The van der Waals surface area contributed by atoms with Crippen LogP contribution in [-0.2, 0) is 0 Å². The van der Waals surface area contributed by atoms with Crippen molar-refractivity contribution in [3.63, 3.8) is 0 Å². The van der Waals surface area contributed by atoms with E-state index < -0.39 is 11.7 Å². The van der Waals surface area contributed by atoms with Gasteiger partial charge in [0, 0.05) is 38.4 Å². The predicted octanol–water partition coefficient (Wildman–Crippen LogP) is 0.0990. The highest BCUT2D eigenvalue weighted by Crippen LogP contribution is 2.24. The molecule has 0 unspecified atom stereocenters. The van der Waals surface area contributed by atoms with Crippen molar-refractivity contribution in [1.29, 1.82) is 0 Å². The number of halogens is 1. The summed E-state index contributed by atoms with van der Waals surface area (Å²) >= 11 is 0. The average Bonchev–Trinajstić information content (AvgIpc) is 3.12. The van der Waals surface area contributed by atoms with Crippen molar-refractivity contribution in [3.8, 4) is 0 Å². The van der Waals surface area contributed by atoms with Gasteiger partial charge in [-0.05, 0) is 6.07 Å². The van der Waals surface area contributed by atoms with Crippen LogP contribution < -0.4 is 11.1 Å². The summed E-state index contributed by atoms with van der Waals surface area (Å²) in [6.07, 6.45) is 1.54. The Labute approximate surface area is 135 Å². The van der Waals surface area contributed by atoms with Gasteiger partial charge in [-0.2, -0.15) is 0 Å². The van der Waals surface area contributed by atoms with Gasteiger partial charge in [-0.25, -0.2) is 13.9 Å². The fraction of sp³-hybridized carbons (Fsp3) is 0.267. The summed E-state index contributed by atoms with van der Waals surface area (Å²) in [6, 6.07) is 2.28. The largest absolute Gasteiger partial charge is 0.366 e. The van der Waals surface area contributed by atoms with Crippen LogP contribution in [0.2, 0.25) is 0 Å². The minimum absolute atomic E-state index is 0.0144. The lowest BCUT2D eigenvalue weighted by Gasteiger charge is -2.26. The minimum Gasteiger partial charge on any atom is -0.366 e. The number of H-pyrrole nitrogens is 1. The molecule has 9 heteroatoms. The molecule has 124 valence electrons. The number of piperazine rings is 1. The lowest BCUT2D eigenvalue weighted by molar-refractivity contribution is 0.0737. The van der Waals surface area contributed by atoms with E-state index in [0.717, 1.165) is 19.2 Å². The van der Waals surface area contributed by atoms with E-state index in [1.807, 2.05) is 0 Å². The van der Waals surface area contributed by atoms with E-state index in [2.05, 4.69) is 15.4 Å². The Morgan fingerprint density at radius 3 is 2.67 bits per heavy atom. The number of carbonyl (C=O) groups is 2. The lowest BCUT2D eigenvalue weighted by Crippen LogP contribution is -2.46. The molecule has 1 saturated heterocycles. The number of amides is 2. The summed E-state index contributed by atoms with van der Waals surface area (Å²) in [7, 11) is 0. The van der Waals surface area contributed by atoms with E-state index in [1.54, 1.807) is 11.1 Å². The first-order valence-corrected chi connectivity index (χ1v) is 7.55. The van der Waals surface area contributed by atoms with Crippen LogP contribution in [0.4, 0.5) is 4.39 Å². The number of aromatic nitrogens is 3. The molecule has 0 spiro atoms. The first kappa shape index (κ1) is 14.6. The molecule has 0 bridgehead atoms. The summed E-state index contributed by atoms with van der Waals surface area (Å²) in [4.78, 5) is 30.4. The van der Waals surface area contributed by atoms with Crippen molar-refractivity contribution >= 4 is 28.5 Å². The molecule has 2 amide bonds. The smallest absolute Gasteiger partial charge is 0.259 e. The second-order valence-corrected chi connectivity index (χ2v) is 5.69. The lowest BCUT2D eigenvalue weighted by atomic mass is 10.1. The zero-order chi connectivity index (χ0) is 16.8. The fourth-order valence-corrected chi connectivity index (χ4v) is 3.06. The molecule has 1 aliphatic heterocycles. The summed E-state index contributed by atoms with van der Waals surface area (Å²) < 4.78 is 15.2. The van der Waals surface area contributed by atoms with E-state index in [0.29, 0.717) is 29.8 Å². The normalized spacial score (nSPS) is 15.3. The number of imidazole rings is 1. The van der Waals surface area contributed by atoms with E-state index in [9.17, 15) is 14.0 Å². The van der Waals surface area contributed by atoms with E-state index in [-0.39, 0.29) is 17.0 Å². The van der Waals surface area contributed by atoms with Crippen molar-refractivity contribution in [2.24, 2.45) is 5.73 Å². The highest BCUT2D eigenvalue weighted by Gasteiger charge is 2.24. The molecule has 0 radical (unpaired) electrons. The Bertz CT molecular complexity index is 969. The number of rotatable bonds is 2. The van der Waals surface area contributed by atoms with Crippen LogP contribution in [-0.4, -0.2) is 57.5 Å². The Morgan fingerprint density at radius 1 is 1.21 bits per heavy atom. The molecule has 2 aromatic heterocycles. The Balaban J connectivity index is 1.89. The van der Waals surface area contributed by atoms with Crippen molar-refractivity contribution in [2.75, 3.05) is 26.2 Å². The van der Waals surface area contributed by atoms with Crippen LogP contribution in [0.1, 0.15) is 20.7 Å². The van der Waals surface area contributed by atoms with E-state index >= 15 is 0 Å². The van der Waals surface area contributed by atoms with E-state index in [1.165, 1.54) is 10.6 Å². The number of nitrogens with zero attached hydrogens (tertiary/aromatic N) is 3. The Kier molecular flexibility index (Phi) is 3.24. The highest BCUT2D eigenvalue weighted by molar-refractivity contribution is 6.07. The topological polar surface area (TPSA) is 109 Å². The molecule has 1 aromatic carbocycles. The molecule has 8 nitrogen and oxygen atoms in total. The van der Waals surface area contributed by atoms with Crippen LogP contribution in [0.25, 0.3) is 16.7 Å². The second kappa shape index (κ2) is 5.31. The molecule has 0 saturated carbocycles. The van der Waals surface area contributed by atoms with Crippen LogP contribution in [0.3, 0.4) is 0 Å². The first-order chi connectivity index (χ1) is 11.6. The van der Waals surface area contributed by atoms with Gasteiger partial charge < -0.3 is 16.0 Å². The molecule has 4 rings (SSSR count). The standard InChI is InChI=1S/C15H15FN6O2/c16-8-5-9(13(17)23)12-11(6-8)20-14-10(7-19-22(12)14)15(24)21-3-1-18-2-4-21/h5-7,18-19H,1-4H2,(H2,17,23). The quantitative estimate of drug-likeness (QED) is 0.619. The molecule has 4 N–H and O–H groups in total. The number of hydrogen-bond acceptors (Lipinski definition) is 4. The van der Waals surface area contributed by atoms with Crippen molar-refractivity contribution in [1.82, 2.24) is 24.8 Å². The third kappa shape index (κ3) is 2.13. The summed E-state index contributed by atoms with van der Waals surface area (Å²) in [5.41, 5.74) is 6.71. The van der Waals surface area contributed by atoms with Crippen molar-refractivity contribution in [3.05, 3.63) is 35.3 Å². The van der Waals surface area contributed by atoms with Gasteiger partial charge in [-0.15, -0.1) is 0 Å². The van der Waals surface area contributed by atoms with E-state index in [4.69, 9.17) is 5.73 Å². The molecule has 0 atom stereocenters. The maximum absolute atomic E-state index is 13.7. The van der Waals surface area contributed by atoms with Crippen LogP contribution in [0.5, 0.6) is 0 Å². The zero-order valence-electron chi connectivity index (χ0n) is 12.7. The van der Waals surface area contributed by atoms with Crippen LogP contribution in [0.15, 0.2) is 18.3 Å². The molecule has 1 fully saturated rings. The van der Waals surface area contributed by atoms with Gasteiger partial charge >= 0.3 is 0 Å². The van der Waals surface area contributed by atoms with Gasteiger partial charge in [0.25, 0.3) is 11.8 Å². The maximum atomic E-state index is 13.7. The third-order valence-electron chi connectivity index (χ3n) is 4.20. The van der Waals surface area contributed by atoms with Gasteiger partial charge in [-0.3, -0.25) is 14.7 Å². The number of hydrogen-bond donors (Lipinski definition) is 3. The fourth-order valence-electron chi connectivity index (χ4n) is 3.06. The van der Waals surface area contributed by atoms with Gasteiger partial charge in [0.15, 0.2) is 5.65 Å². The monoisotopic (exact) mass is 330 g/mol. The number of nitrogens with two attached hydrogens (primary N) is 1. The molecule has 1 aliphatic rings. The Hall–Kier alpha value is -2.94. The summed E-state index contributed by atoms with van der Waals surface area (Å²) in [6.45, 7) is 2.69. The molecule has 24 heavy (non-hydrogen) atoms. The third-order valence-corrected chi connectivity index (χ3v) is 4.20. The van der Waals surface area contributed by atoms with Gasteiger partial charge in [0.1, 0.15) is 16.9 Å². The molecule has 0 aliphatic carbocycles. The van der Waals surface area contributed by atoms with Gasteiger partial charge in [0.05, 0.1) is 11.1 Å². The highest BCUT2D eigenvalue weighted by atomic mass is 19.1. The number of primary amides is 1. The van der Waals surface area contributed by atoms with Gasteiger partial charge in [-0.1, -0.05) is 0 Å². The van der Waals surface area contributed by atoms with Crippen LogP contribution in [0, 0.1) is 5.82 Å². The van der Waals surface area contributed by atoms with Crippen molar-refractivity contribution < 1.29 is 14.0 Å². The number of carbonyl (C=O) groups excluding carboxylic acids is 2. The van der Waals surface area contributed by atoms with Crippen LogP contribution >= 0.6 is 0 Å². The zero-order valence-corrected chi connectivity index (χ0v) is 12.7.